The van der Waals surface area contributed by atoms with E-state index < -0.39 is 18.1 Å². The van der Waals surface area contributed by atoms with Gasteiger partial charge in [0.2, 0.25) is 5.91 Å². The lowest BCUT2D eigenvalue weighted by Gasteiger charge is -2.31. The van der Waals surface area contributed by atoms with Crippen molar-refractivity contribution in [1.82, 2.24) is 10.2 Å². The number of amides is 1. The number of aliphatic carboxylic acids is 1. The highest BCUT2D eigenvalue weighted by Crippen LogP contribution is 2.36. The van der Waals surface area contributed by atoms with Crippen LogP contribution in [0.5, 0.6) is 0 Å². The van der Waals surface area contributed by atoms with Crippen molar-refractivity contribution in [3.8, 4) is 0 Å². The summed E-state index contributed by atoms with van der Waals surface area (Å²) in [6, 6.07) is 8.69. The second kappa shape index (κ2) is 10.6. The van der Waals surface area contributed by atoms with E-state index in [0.717, 1.165) is 31.2 Å². The number of carboxylic acid groups (broad SMARTS) is 1. The predicted molar refractivity (Wildman–Crippen MR) is 112 cm³/mol. The molecule has 1 aromatic rings. The molecular formula is C23H32N2O5. The van der Waals surface area contributed by atoms with Gasteiger partial charge in [-0.3, -0.25) is 19.7 Å². The van der Waals surface area contributed by atoms with E-state index in [9.17, 15) is 19.5 Å². The van der Waals surface area contributed by atoms with Crippen molar-refractivity contribution in [3.05, 3.63) is 35.9 Å². The van der Waals surface area contributed by atoms with E-state index in [2.05, 4.69) is 5.32 Å². The van der Waals surface area contributed by atoms with Gasteiger partial charge in [0.05, 0.1) is 12.6 Å². The monoisotopic (exact) mass is 416 g/mol. The first-order valence-electron chi connectivity index (χ1n) is 11.0. The molecule has 0 aromatic heterocycles. The Balaban J connectivity index is 1.73. The number of likely N-dealkylation sites (tertiary alicyclic amines) is 1. The van der Waals surface area contributed by atoms with Crippen LogP contribution < -0.4 is 5.32 Å². The summed E-state index contributed by atoms with van der Waals surface area (Å²) in [6.07, 6.45) is 5.57. The molecule has 1 aliphatic carbocycles. The van der Waals surface area contributed by atoms with Crippen LogP contribution in [0.1, 0.15) is 51.0 Å². The first-order valence-corrected chi connectivity index (χ1v) is 11.0. The number of aryl methyl sites for hydroxylation is 1. The molecule has 0 unspecified atom stereocenters. The Labute approximate surface area is 177 Å². The van der Waals surface area contributed by atoms with Crippen molar-refractivity contribution < 1.29 is 24.2 Å². The highest BCUT2D eigenvalue weighted by molar-refractivity contribution is 5.87. The van der Waals surface area contributed by atoms with Gasteiger partial charge in [-0.1, -0.05) is 36.8 Å². The third kappa shape index (κ3) is 5.59. The fraction of sp³-hybridized carbons (Fsp3) is 0.609. The summed E-state index contributed by atoms with van der Waals surface area (Å²) < 4.78 is 5.25. The zero-order valence-corrected chi connectivity index (χ0v) is 17.6. The van der Waals surface area contributed by atoms with Crippen LogP contribution in [-0.2, 0) is 25.5 Å². The molecule has 1 amide bonds. The quantitative estimate of drug-likeness (QED) is 0.600. The third-order valence-corrected chi connectivity index (χ3v) is 6.27. The summed E-state index contributed by atoms with van der Waals surface area (Å²) in [6.45, 7) is 1.75. The van der Waals surface area contributed by atoms with Crippen LogP contribution in [0.4, 0.5) is 0 Å². The van der Waals surface area contributed by atoms with Crippen LogP contribution >= 0.6 is 0 Å². The largest absolute Gasteiger partial charge is 0.480 e. The van der Waals surface area contributed by atoms with Gasteiger partial charge >= 0.3 is 11.9 Å². The van der Waals surface area contributed by atoms with Crippen LogP contribution in [0.2, 0.25) is 0 Å². The van der Waals surface area contributed by atoms with E-state index in [1.165, 1.54) is 4.90 Å². The van der Waals surface area contributed by atoms with E-state index >= 15 is 0 Å². The topological polar surface area (TPSA) is 95.9 Å². The van der Waals surface area contributed by atoms with Crippen LogP contribution in [0.25, 0.3) is 0 Å². The van der Waals surface area contributed by atoms with Gasteiger partial charge in [0.15, 0.2) is 0 Å². The lowest BCUT2D eigenvalue weighted by atomic mass is 9.97. The smallest absolute Gasteiger partial charge is 0.323 e. The molecule has 2 N–H and O–H groups in total. The Kier molecular flexibility index (Phi) is 7.85. The lowest BCUT2D eigenvalue weighted by molar-refractivity contribution is -0.149. The fourth-order valence-electron chi connectivity index (χ4n) is 4.84. The zero-order chi connectivity index (χ0) is 21.5. The molecule has 0 spiro atoms. The van der Waals surface area contributed by atoms with Gasteiger partial charge in [0.25, 0.3) is 0 Å². The molecule has 4 atom stereocenters. The Bertz CT molecular complexity index is 738. The number of hydrogen-bond acceptors (Lipinski definition) is 5. The average molecular weight is 417 g/mol. The summed E-state index contributed by atoms with van der Waals surface area (Å²) in [5.41, 5.74) is 1.11. The van der Waals surface area contributed by atoms with Gasteiger partial charge in [-0.05, 0) is 56.9 Å². The first kappa shape index (κ1) is 22.3. The molecule has 2 aliphatic rings. The number of carbonyl (C=O) groups is 3. The van der Waals surface area contributed by atoms with Gasteiger partial charge in [0, 0.05) is 6.04 Å². The molecular weight excluding hydrogens is 384 g/mol. The number of carbonyl (C=O) groups excluding carboxylic acids is 2. The molecule has 0 bridgehead atoms. The molecule has 3 rings (SSSR count). The minimum Gasteiger partial charge on any atom is -0.480 e. The number of nitrogens with one attached hydrogen (secondary N) is 1. The van der Waals surface area contributed by atoms with E-state index in [0.29, 0.717) is 25.2 Å². The number of esters is 1. The zero-order valence-electron chi connectivity index (χ0n) is 17.6. The Morgan fingerprint density at radius 1 is 1.20 bits per heavy atom. The van der Waals surface area contributed by atoms with Crippen molar-refractivity contribution >= 4 is 17.8 Å². The van der Waals surface area contributed by atoms with E-state index in [-0.39, 0.29) is 31.1 Å². The molecule has 1 aromatic carbocycles. The normalized spacial score (nSPS) is 24.8. The SMILES string of the molecule is CCOC(=O)[C@H](CCc1ccccc1)N[C@H]1CC[C@@H]2CCC[C@@H]2N(CC(=O)O)C1=O. The van der Waals surface area contributed by atoms with Crippen molar-refractivity contribution in [2.45, 2.75) is 70.0 Å². The minimum absolute atomic E-state index is 0.00855. The van der Waals surface area contributed by atoms with Crippen molar-refractivity contribution in [3.63, 3.8) is 0 Å². The maximum Gasteiger partial charge on any atom is 0.323 e. The molecule has 7 nitrogen and oxygen atoms in total. The molecule has 0 radical (unpaired) electrons. The summed E-state index contributed by atoms with van der Waals surface area (Å²) in [5.74, 6) is -1.23. The summed E-state index contributed by atoms with van der Waals surface area (Å²) in [4.78, 5) is 38.8. The lowest BCUT2D eigenvalue weighted by Crippen LogP contribution is -2.54. The van der Waals surface area contributed by atoms with Gasteiger partial charge in [-0.2, -0.15) is 0 Å². The standard InChI is InChI=1S/C23H32N2O5/c1-2-30-23(29)19(13-11-16-7-4-3-5-8-16)24-18-14-12-17-9-6-10-20(17)25(22(18)28)15-21(26)27/h3-5,7-8,17-20,24H,2,6,9-15H2,1H3,(H,26,27)/t17-,18-,19-,20-/m0/s1. The first-order chi connectivity index (χ1) is 14.5. The maximum absolute atomic E-state index is 13.3. The molecule has 164 valence electrons. The van der Waals surface area contributed by atoms with Gasteiger partial charge in [0.1, 0.15) is 12.6 Å². The summed E-state index contributed by atoms with van der Waals surface area (Å²) >= 11 is 0. The number of hydrogen-bond donors (Lipinski definition) is 2. The Hall–Kier alpha value is -2.41. The number of benzene rings is 1. The average Bonchev–Trinajstić information content (AvgIpc) is 3.16. The van der Waals surface area contributed by atoms with Gasteiger partial charge in [-0.15, -0.1) is 0 Å². The number of nitrogens with zero attached hydrogens (tertiary/aromatic N) is 1. The Morgan fingerprint density at radius 3 is 2.67 bits per heavy atom. The highest BCUT2D eigenvalue weighted by atomic mass is 16.5. The van der Waals surface area contributed by atoms with E-state index in [1.54, 1.807) is 6.92 Å². The summed E-state index contributed by atoms with van der Waals surface area (Å²) in [5, 5.41) is 12.6. The third-order valence-electron chi connectivity index (χ3n) is 6.27. The predicted octanol–water partition coefficient (Wildman–Crippen LogP) is 2.38. The number of fused-ring (bicyclic) bond motifs is 1. The number of ether oxygens (including phenoxy) is 1. The maximum atomic E-state index is 13.3. The van der Waals surface area contributed by atoms with Gasteiger partial charge < -0.3 is 14.7 Å². The molecule has 1 heterocycles. The molecule has 2 fully saturated rings. The van der Waals surface area contributed by atoms with E-state index in [4.69, 9.17) is 4.74 Å². The molecule has 7 heteroatoms. The van der Waals surface area contributed by atoms with Gasteiger partial charge in [-0.25, -0.2) is 0 Å². The highest BCUT2D eigenvalue weighted by Gasteiger charge is 2.42. The van der Waals surface area contributed by atoms with Crippen molar-refractivity contribution in [2.24, 2.45) is 5.92 Å². The molecule has 1 saturated heterocycles. The fourth-order valence-corrected chi connectivity index (χ4v) is 4.84. The van der Waals surface area contributed by atoms with Crippen LogP contribution in [-0.4, -0.2) is 59.1 Å². The van der Waals surface area contributed by atoms with E-state index in [1.807, 2.05) is 30.3 Å². The second-order valence-electron chi connectivity index (χ2n) is 8.24. The Morgan fingerprint density at radius 2 is 1.97 bits per heavy atom. The number of carboxylic acids is 1. The van der Waals surface area contributed by atoms with Crippen LogP contribution in [0, 0.1) is 5.92 Å². The molecule has 30 heavy (non-hydrogen) atoms. The molecule has 1 aliphatic heterocycles. The van der Waals surface area contributed by atoms with Crippen LogP contribution in [0.15, 0.2) is 30.3 Å². The van der Waals surface area contributed by atoms with Crippen LogP contribution in [0.3, 0.4) is 0 Å². The van der Waals surface area contributed by atoms with Crippen molar-refractivity contribution in [1.29, 1.82) is 0 Å². The minimum atomic E-state index is -0.999. The molecule has 1 saturated carbocycles. The van der Waals surface area contributed by atoms with Crippen molar-refractivity contribution in [2.75, 3.05) is 13.2 Å². The number of rotatable bonds is 9. The summed E-state index contributed by atoms with van der Waals surface area (Å²) in [7, 11) is 0. The second-order valence-corrected chi connectivity index (χ2v) is 8.24.